The number of amides is 1. The normalized spacial score (nSPS) is 15.0. The minimum absolute atomic E-state index is 0.0372. The molecule has 0 saturated carbocycles. The topological polar surface area (TPSA) is 107 Å². The Labute approximate surface area is 157 Å². The molecule has 142 valence electrons. The van der Waals surface area contributed by atoms with E-state index in [9.17, 15) is 18.3 Å². The summed E-state index contributed by atoms with van der Waals surface area (Å²) < 4.78 is 26.2. The lowest BCUT2D eigenvalue weighted by molar-refractivity contribution is 0.0585. The van der Waals surface area contributed by atoms with Crippen molar-refractivity contribution in [2.24, 2.45) is 5.41 Å². The number of likely N-dealkylation sites (N-methyl/N-ethyl adjacent to an activating group) is 1. The summed E-state index contributed by atoms with van der Waals surface area (Å²) in [6.45, 7) is 4.90. The van der Waals surface area contributed by atoms with Crippen molar-refractivity contribution in [2.45, 2.75) is 37.8 Å². The first-order valence-corrected chi connectivity index (χ1v) is 9.55. The van der Waals surface area contributed by atoms with Crippen molar-refractivity contribution >= 4 is 39.3 Å². The Balaban J connectivity index is 3.05. The molecule has 0 aliphatic rings. The molecule has 0 bridgehead atoms. The maximum atomic E-state index is 12.6. The third-order valence-electron chi connectivity index (χ3n) is 3.62. The number of rotatable bonds is 6. The summed E-state index contributed by atoms with van der Waals surface area (Å²) in [5.74, 6) is 0. The first-order chi connectivity index (χ1) is 11.3. The smallest absolute Gasteiger partial charge is 0.404 e. The molecular formula is C15H22Cl2N2O5S. The van der Waals surface area contributed by atoms with Crippen LogP contribution in [0.4, 0.5) is 4.79 Å². The Kier molecular flexibility index (Phi) is 7.12. The maximum absolute atomic E-state index is 12.6. The van der Waals surface area contributed by atoms with Crippen LogP contribution in [0.1, 0.15) is 20.8 Å². The molecule has 0 radical (unpaired) electrons. The molecule has 7 nitrogen and oxygen atoms in total. The van der Waals surface area contributed by atoms with Crippen molar-refractivity contribution in [1.82, 2.24) is 9.62 Å². The lowest BCUT2D eigenvalue weighted by Crippen LogP contribution is -2.54. The van der Waals surface area contributed by atoms with Gasteiger partial charge in [-0.1, -0.05) is 44.0 Å². The molecule has 0 spiro atoms. The van der Waals surface area contributed by atoms with Crippen molar-refractivity contribution in [3.63, 3.8) is 0 Å². The molecule has 1 amide bonds. The number of halogens is 2. The van der Waals surface area contributed by atoms with Gasteiger partial charge in [0.1, 0.15) is 4.90 Å². The van der Waals surface area contributed by atoms with Crippen molar-refractivity contribution in [2.75, 3.05) is 13.6 Å². The van der Waals surface area contributed by atoms with Crippen LogP contribution in [0.15, 0.2) is 23.1 Å². The molecule has 2 atom stereocenters. The fourth-order valence-corrected chi connectivity index (χ4v) is 4.27. The average molecular weight is 413 g/mol. The lowest BCUT2D eigenvalue weighted by Gasteiger charge is -2.35. The summed E-state index contributed by atoms with van der Waals surface area (Å²) in [7, 11) is -2.70. The predicted molar refractivity (Wildman–Crippen MR) is 96.7 cm³/mol. The summed E-state index contributed by atoms with van der Waals surface area (Å²) in [5.41, 5.74) is -0.625. The van der Waals surface area contributed by atoms with E-state index in [1.54, 1.807) is 20.8 Å². The Morgan fingerprint density at radius 3 is 2.32 bits per heavy atom. The molecule has 0 aliphatic heterocycles. The largest absolute Gasteiger partial charge is 0.465 e. The van der Waals surface area contributed by atoms with E-state index in [1.165, 1.54) is 25.2 Å². The van der Waals surface area contributed by atoms with Gasteiger partial charge in [-0.3, -0.25) is 0 Å². The SMILES string of the molecule is CN(CC(O)C(NC(=O)O)C(C)(C)C)S(=O)(=O)c1ccc(Cl)cc1Cl. The molecule has 3 N–H and O–H groups in total. The van der Waals surface area contributed by atoms with Crippen LogP contribution in [-0.4, -0.2) is 54.8 Å². The predicted octanol–water partition coefficient (Wildman–Crippen LogP) is 2.66. The Morgan fingerprint density at radius 1 is 1.32 bits per heavy atom. The second-order valence-corrected chi connectivity index (χ2v) is 9.58. The summed E-state index contributed by atoms with van der Waals surface area (Å²) >= 11 is 11.7. The highest BCUT2D eigenvalue weighted by Crippen LogP contribution is 2.28. The Morgan fingerprint density at radius 2 is 1.88 bits per heavy atom. The zero-order valence-corrected chi connectivity index (χ0v) is 16.7. The molecule has 25 heavy (non-hydrogen) atoms. The van der Waals surface area contributed by atoms with Gasteiger partial charge in [0.2, 0.25) is 10.0 Å². The van der Waals surface area contributed by atoms with Gasteiger partial charge in [-0.05, 0) is 23.6 Å². The van der Waals surface area contributed by atoms with Crippen LogP contribution in [0.2, 0.25) is 10.0 Å². The minimum atomic E-state index is -3.98. The van der Waals surface area contributed by atoms with E-state index in [1.807, 2.05) is 0 Å². The number of nitrogens with zero attached hydrogens (tertiary/aromatic N) is 1. The first-order valence-electron chi connectivity index (χ1n) is 7.35. The highest BCUT2D eigenvalue weighted by molar-refractivity contribution is 7.89. The number of carboxylic acid groups (broad SMARTS) is 1. The highest BCUT2D eigenvalue weighted by Gasteiger charge is 2.35. The number of hydrogen-bond acceptors (Lipinski definition) is 4. The lowest BCUT2D eigenvalue weighted by atomic mass is 9.83. The summed E-state index contributed by atoms with van der Waals surface area (Å²) in [6, 6.07) is 3.11. The average Bonchev–Trinajstić information content (AvgIpc) is 2.42. The fourth-order valence-electron chi connectivity index (χ4n) is 2.34. The van der Waals surface area contributed by atoms with Crippen molar-refractivity contribution < 1.29 is 23.4 Å². The van der Waals surface area contributed by atoms with E-state index in [4.69, 9.17) is 28.3 Å². The third-order valence-corrected chi connectivity index (χ3v) is 6.16. The molecule has 0 fully saturated rings. The molecule has 0 aromatic heterocycles. The quantitative estimate of drug-likeness (QED) is 0.665. The molecule has 10 heteroatoms. The monoisotopic (exact) mass is 412 g/mol. The molecule has 1 rings (SSSR count). The second kappa shape index (κ2) is 8.09. The molecule has 1 aromatic carbocycles. The van der Waals surface area contributed by atoms with Crippen molar-refractivity contribution in [3.8, 4) is 0 Å². The van der Waals surface area contributed by atoms with Gasteiger partial charge in [0.25, 0.3) is 0 Å². The summed E-state index contributed by atoms with van der Waals surface area (Å²) in [5, 5.41) is 21.8. The van der Waals surface area contributed by atoms with Crippen molar-refractivity contribution in [3.05, 3.63) is 28.2 Å². The molecule has 0 aliphatic carbocycles. The van der Waals surface area contributed by atoms with Crippen LogP contribution in [0.5, 0.6) is 0 Å². The van der Waals surface area contributed by atoms with Crippen LogP contribution < -0.4 is 5.32 Å². The fraction of sp³-hybridized carbons (Fsp3) is 0.533. The van der Waals surface area contributed by atoms with Gasteiger partial charge >= 0.3 is 6.09 Å². The highest BCUT2D eigenvalue weighted by atomic mass is 35.5. The third kappa shape index (κ3) is 5.72. The molecule has 0 heterocycles. The number of nitrogens with one attached hydrogen (secondary N) is 1. The molecule has 2 unspecified atom stereocenters. The second-order valence-electron chi connectivity index (χ2n) is 6.72. The zero-order chi connectivity index (χ0) is 19.6. The summed E-state index contributed by atoms with van der Waals surface area (Å²) in [4.78, 5) is 10.8. The maximum Gasteiger partial charge on any atom is 0.404 e. The van der Waals surface area contributed by atoms with Gasteiger partial charge in [-0.15, -0.1) is 0 Å². The van der Waals surface area contributed by atoms with E-state index < -0.39 is 33.7 Å². The number of benzene rings is 1. The Bertz CT molecular complexity index is 734. The van der Waals surface area contributed by atoms with E-state index in [2.05, 4.69) is 5.32 Å². The van der Waals surface area contributed by atoms with E-state index in [0.717, 1.165) is 4.31 Å². The number of sulfonamides is 1. The van der Waals surface area contributed by atoms with Gasteiger partial charge < -0.3 is 15.5 Å². The van der Waals surface area contributed by atoms with Gasteiger partial charge in [0.15, 0.2) is 0 Å². The summed E-state index contributed by atoms with van der Waals surface area (Å²) in [6.07, 6.45) is -2.56. The van der Waals surface area contributed by atoms with Crippen LogP contribution in [0, 0.1) is 5.41 Å². The van der Waals surface area contributed by atoms with Gasteiger partial charge in [0.05, 0.1) is 17.2 Å². The Hall–Kier alpha value is -1.06. The van der Waals surface area contributed by atoms with Gasteiger partial charge in [-0.2, -0.15) is 4.31 Å². The zero-order valence-electron chi connectivity index (χ0n) is 14.3. The van der Waals surface area contributed by atoms with Crippen LogP contribution in [-0.2, 0) is 10.0 Å². The van der Waals surface area contributed by atoms with Gasteiger partial charge in [-0.25, -0.2) is 13.2 Å². The van der Waals surface area contributed by atoms with E-state index in [-0.39, 0.29) is 16.5 Å². The van der Waals surface area contributed by atoms with Gasteiger partial charge in [0, 0.05) is 18.6 Å². The number of hydrogen-bond donors (Lipinski definition) is 3. The van der Waals surface area contributed by atoms with Crippen LogP contribution >= 0.6 is 23.2 Å². The van der Waals surface area contributed by atoms with Crippen molar-refractivity contribution in [1.29, 1.82) is 0 Å². The standard InChI is InChI=1S/C15H22Cl2N2O5S/c1-15(2,3)13(18-14(21)22)11(20)8-19(4)25(23,24)12-6-5-9(16)7-10(12)17/h5-7,11,13,18,20H,8H2,1-4H3,(H,21,22). The molecule has 1 aromatic rings. The molecular weight excluding hydrogens is 391 g/mol. The van der Waals surface area contributed by atoms with Crippen LogP contribution in [0.3, 0.4) is 0 Å². The minimum Gasteiger partial charge on any atom is -0.465 e. The number of carbonyl (C=O) groups is 1. The number of aliphatic hydroxyl groups excluding tert-OH is 1. The number of aliphatic hydroxyl groups is 1. The van der Waals surface area contributed by atoms with E-state index in [0.29, 0.717) is 5.02 Å². The molecule has 0 saturated heterocycles. The first kappa shape index (κ1) is 22.0. The van der Waals surface area contributed by atoms with E-state index >= 15 is 0 Å². The van der Waals surface area contributed by atoms with Crippen LogP contribution in [0.25, 0.3) is 0 Å².